The van der Waals surface area contributed by atoms with Crippen molar-refractivity contribution in [2.24, 2.45) is 0 Å². The van der Waals surface area contributed by atoms with Gasteiger partial charge in [0.15, 0.2) is 11.5 Å². The van der Waals surface area contributed by atoms with Crippen molar-refractivity contribution in [2.45, 2.75) is 25.9 Å². The summed E-state index contributed by atoms with van der Waals surface area (Å²) in [6.07, 6.45) is -4.92. The normalized spacial score (nSPS) is 11.4. The molecule has 1 heterocycles. The van der Waals surface area contributed by atoms with Crippen LogP contribution in [0.15, 0.2) is 0 Å². The summed E-state index contributed by atoms with van der Waals surface area (Å²) < 4.78 is 41.2. The second-order valence-corrected chi connectivity index (χ2v) is 4.80. The van der Waals surface area contributed by atoms with E-state index in [1.54, 1.807) is 6.92 Å². The van der Waals surface area contributed by atoms with Crippen LogP contribution in [-0.2, 0) is 0 Å². The zero-order chi connectivity index (χ0) is 14.6. The Labute approximate surface area is 112 Å². The lowest BCUT2D eigenvalue weighted by molar-refractivity contribution is -0.131. The summed E-state index contributed by atoms with van der Waals surface area (Å²) in [5, 5.41) is 2.95. The van der Waals surface area contributed by atoms with E-state index in [0.717, 1.165) is 11.3 Å². The van der Waals surface area contributed by atoms with E-state index in [1.807, 2.05) is 0 Å². The Kier molecular flexibility index (Phi) is 5.04. The van der Waals surface area contributed by atoms with E-state index in [-0.39, 0.29) is 30.2 Å². The number of hydrogen-bond donors (Lipinski definition) is 2. The predicted molar refractivity (Wildman–Crippen MR) is 69.1 cm³/mol. The highest BCUT2D eigenvalue weighted by Crippen LogP contribution is 2.43. The highest BCUT2D eigenvalue weighted by Gasteiger charge is 2.27. The van der Waals surface area contributed by atoms with Crippen LogP contribution in [0.2, 0.25) is 0 Å². The molecule has 0 fully saturated rings. The van der Waals surface area contributed by atoms with E-state index < -0.39 is 12.6 Å². The Morgan fingerprint density at radius 1 is 1.47 bits per heavy atom. The van der Waals surface area contributed by atoms with Gasteiger partial charge < -0.3 is 15.8 Å². The van der Waals surface area contributed by atoms with Crippen molar-refractivity contribution in [3.63, 3.8) is 0 Å². The number of Topliss-reactive ketones (excluding diaryl/α,β-unsaturated/α-hetero) is 1. The number of nitrogen functional groups attached to an aromatic ring is 1. The maximum Gasteiger partial charge on any atom is 0.390 e. The number of rotatable bonds is 6. The number of ketones is 1. The maximum atomic E-state index is 12.1. The molecule has 0 saturated heterocycles. The molecule has 1 aromatic rings. The zero-order valence-electron chi connectivity index (χ0n) is 10.6. The van der Waals surface area contributed by atoms with Crippen LogP contribution in [0.5, 0.6) is 5.75 Å². The van der Waals surface area contributed by atoms with Gasteiger partial charge in [-0.3, -0.25) is 4.79 Å². The number of nitrogens with two attached hydrogens (primary N) is 1. The van der Waals surface area contributed by atoms with Gasteiger partial charge in [-0.15, -0.1) is 11.3 Å². The molecule has 0 aromatic carbocycles. The molecule has 0 atom stereocenters. The van der Waals surface area contributed by atoms with Crippen molar-refractivity contribution >= 4 is 27.8 Å². The second-order valence-electron chi connectivity index (χ2n) is 3.78. The van der Waals surface area contributed by atoms with Crippen LogP contribution < -0.4 is 15.8 Å². The first kappa shape index (κ1) is 15.6. The Bertz CT molecular complexity index is 458. The first-order valence-electron chi connectivity index (χ1n) is 5.60. The molecule has 0 amide bonds. The maximum absolute atomic E-state index is 12.1. The minimum Gasteiger partial charge on any atom is -0.492 e. The summed E-state index contributed by atoms with van der Waals surface area (Å²) in [4.78, 5) is 11.9. The third-order valence-electron chi connectivity index (χ3n) is 2.37. The Hall–Kier alpha value is -1.44. The lowest BCUT2D eigenvalue weighted by atomic mass is 10.2. The van der Waals surface area contributed by atoms with Crippen LogP contribution in [-0.4, -0.2) is 25.6 Å². The van der Waals surface area contributed by atoms with Crippen molar-refractivity contribution < 1.29 is 22.7 Å². The number of carbonyl (C=O) groups is 1. The predicted octanol–water partition coefficient (Wildman–Crippen LogP) is 3.30. The summed E-state index contributed by atoms with van der Waals surface area (Å²) in [6.45, 7) is 1.39. The van der Waals surface area contributed by atoms with E-state index in [2.05, 4.69) is 5.32 Å². The van der Waals surface area contributed by atoms with Gasteiger partial charge in [0.2, 0.25) is 0 Å². The summed E-state index contributed by atoms with van der Waals surface area (Å²) in [5.41, 5.74) is 5.93. The summed E-state index contributed by atoms with van der Waals surface area (Å²) >= 11 is 1.02. The van der Waals surface area contributed by atoms with Crippen LogP contribution in [0.25, 0.3) is 0 Å². The molecule has 0 aliphatic carbocycles. The molecular formula is C11H15F3N2O2S. The SMILES string of the molecule is CCC(=O)c1sc(NCCC(F)(F)F)c(OC)c1N. The van der Waals surface area contributed by atoms with Gasteiger partial charge in [-0.2, -0.15) is 13.2 Å². The van der Waals surface area contributed by atoms with Crippen molar-refractivity contribution in [3.05, 3.63) is 4.88 Å². The molecule has 0 aliphatic heterocycles. The van der Waals surface area contributed by atoms with E-state index in [0.29, 0.717) is 9.88 Å². The van der Waals surface area contributed by atoms with Crippen LogP contribution in [0.1, 0.15) is 29.4 Å². The highest BCUT2D eigenvalue weighted by atomic mass is 32.1. The van der Waals surface area contributed by atoms with Crippen LogP contribution in [0.3, 0.4) is 0 Å². The number of methoxy groups -OCH3 is 1. The minimum absolute atomic E-state index is 0.162. The van der Waals surface area contributed by atoms with Gasteiger partial charge in [0, 0.05) is 13.0 Å². The molecule has 0 spiro atoms. The molecule has 0 saturated carbocycles. The molecule has 1 rings (SSSR count). The molecular weight excluding hydrogens is 281 g/mol. The van der Waals surface area contributed by atoms with Crippen molar-refractivity contribution in [1.29, 1.82) is 0 Å². The van der Waals surface area contributed by atoms with Gasteiger partial charge in [0.05, 0.1) is 24.1 Å². The Morgan fingerprint density at radius 3 is 2.58 bits per heavy atom. The van der Waals surface area contributed by atoms with E-state index in [1.165, 1.54) is 7.11 Å². The monoisotopic (exact) mass is 296 g/mol. The average Bonchev–Trinajstić information content (AvgIpc) is 2.63. The summed E-state index contributed by atoms with van der Waals surface area (Å²) in [5.74, 6) is 0.0636. The van der Waals surface area contributed by atoms with Gasteiger partial charge in [-0.1, -0.05) is 6.92 Å². The van der Waals surface area contributed by atoms with Crippen molar-refractivity contribution in [1.82, 2.24) is 0 Å². The Balaban J connectivity index is 2.86. The fourth-order valence-electron chi connectivity index (χ4n) is 1.43. The molecule has 108 valence electrons. The molecule has 0 unspecified atom stereocenters. The Morgan fingerprint density at radius 2 is 2.11 bits per heavy atom. The lowest BCUT2D eigenvalue weighted by Crippen LogP contribution is -2.14. The van der Waals surface area contributed by atoms with E-state index in [9.17, 15) is 18.0 Å². The average molecular weight is 296 g/mol. The van der Waals surface area contributed by atoms with Crippen molar-refractivity contribution in [2.75, 3.05) is 24.7 Å². The lowest BCUT2D eigenvalue weighted by Gasteiger charge is -2.08. The van der Waals surface area contributed by atoms with Gasteiger partial charge in [0.1, 0.15) is 5.00 Å². The molecule has 1 aromatic heterocycles. The largest absolute Gasteiger partial charge is 0.492 e. The topological polar surface area (TPSA) is 64.3 Å². The summed E-state index contributed by atoms with van der Waals surface area (Å²) in [7, 11) is 1.35. The van der Waals surface area contributed by atoms with Crippen LogP contribution >= 0.6 is 11.3 Å². The smallest absolute Gasteiger partial charge is 0.390 e. The number of thiophene rings is 1. The number of nitrogens with one attached hydrogen (secondary N) is 1. The first-order valence-corrected chi connectivity index (χ1v) is 6.41. The number of hydrogen-bond acceptors (Lipinski definition) is 5. The van der Waals surface area contributed by atoms with E-state index >= 15 is 0 Å². The van der Waals surface area contributed by atoms with Gasteiger partial charge in [0.25, 0.3) is 0 Å². The molecule has 0 aliphatic rings. The van der Waals surface area contributed by atoms with Crippen molar-refractivity contribution in [3.8, 4) is 5.75 Å². The fraction of sp³-hybridized carbons (Fsp3) is 0.545. The molecule has 8 heteroatoms. The van der Waals surface area contributed by atoms with Crippen LogP contribution in [0, 0.1) is 0 Å². The highest BCUT2D eigenvalue weighted by molar-refractivity contribution is 7.19. The number of anilines is 2. The third-order valence-corrected chi connectivity index (χ3v) is 3.56. The number of halogens is 3. The minimum atomic E-state index is -4.23. The fourth-order valence-corrected chi connectivity index (χ4v) is 2.56. The molecule has 0 radical (unpaired) electrons. The van der Waals surface area contributed by atoms with Crippen LogP contribution in [0.4, 0.5) is 23.9 Å². The van der Waals surface area contributed by atoms with Gasteiger partial charge >= 0.3 is 6.18 Å². The second kappa shape index (κ2) is 6.14. The molecule has 0 bridgehead atoms. The number of alkyl halides is 3. The quantitative estimate of drug-likeness (QED) is 0.791. The molecule has 19 heavy (non-hydrogen) atoms. The standard InChI is InChI=1S/C11H15F3N2O2S/c1-3-6(17)9-7(15)8(18-2)10(19-9)16-5-4-11(12,13)14/h16H,3-5,15H2,1-2H3. The van der Waals surface area contributed by atoms with Gasteiger partial charge in [-0.05, 0) is 0 Å². The molecule has 4 nitrogen and oxygen atoms in total. The number of ether oxygens (including phenoxy) is 1. The first-order chi connectivity index (χ1) is 8.80. The summed E-state index contributed by atoms with van der Waals surface area (Å²) in [6, 6.07) is 0. The van der Waals surface area contributed by atoms with E-state index in [4.69, 9.17) is 10.5 Å². The van der Waals surface area contributed by atoms with Gasteiger partial charge in [-0.25, -0.2) is 0 Å². The third kappa shape index (κ3) is 4.02. The molecule has 3 N–H and O–H groups in total. The zero-order valence-corrected chi connectivity index (χ0v) is 11.4. The number of carbonyl (C=O) groups excluding carboxylic acids is 1.